The second-order valence-electron chi connectivity index (χ2n) is 7.54. The van der Waals surface area contributed by atoms with Gasteiger partial charge in [0.1, 0.15) is 0 Å². The van der Waals surface area contributed by atoms with Gasteiger partial charge >= 0.3 is 0 Å². The first-order valence-electron chi connectivity index (χ1n) is 6.91. The smallest absolute Gasteiger partial charge is 0.222 e. The lowest BCUT2D eigenvalue weighted by Crippen LogP contribution is -2.44. The first-order valence-corrected chi connectivity index (χ1v) is 6.91. The summed E-state index contributed by atoms with van der Waals surface area (Å²) in [4.78, 5) is 11.7. The summed E-state index contributed by atoms with van der Waals surface area (Å²) in [7, 11) is 0. The van der Waals surface area contributed by atoms with Gasteiger partial charge in [0.15, 0.2) is 0 Å². The molecule has 0 saturated heterocycles. The van der Waals surface area contributed by atoms with Crippen LogP contribution in [-0.2, 0) is 4.79 Å². The van der Waals surface area contributed by atoms with Crippen LogP contribution in [0, 0.1) is 22.7 Å². The third-order valence-electron chi connectivity index (χ3n) is 3.86. The van der Waals surface area contributed by atoms with E-state index in [1.54, 1.807) is 0 Å². The van der Waals surface area contributed by atoms with Crippen molar-refractivity contribution < 1.29 is 4.79 Å². The fraction of sp³-hybridized carbons (Fsp3) is 0.933. The van der Waals surface area contributed by atoms with Gasteiger partial charge in [-0.15, -0.1) is 0 Å². The van der Waals surface area contributed by atoms with Crippen LogP contribution in [0.5, 0.6) is 0 Å². The normalized spacial score (nSPS) is 32.5. The minimum Gasteiger partial charge on any atom is -0.355 e. The summed E-state index contributed by atoms with van der Waals surface area (Å²) >= 11 is 0. The molecule has 1 amide bonds. The monoisotopic (exact) mass is 239 g/mol. The van der Waals surface area contributed by atoms with Crippen molar-refractivity contribution in [3.05, 3.63) is 0 Å². The molecule has 0 spiro atoms. The molecule has 0 bridgehead atoms. The molecule has 1 rings (SSSR count). The molecule has 1 fully saturated rings. The van der Waals surface area contributed by atoms with E-state index in [9.17, 15) is 4.79 Å². The molecule has 1 aliphatic rings. The Bertz CT molecular complexity index is 283. The fourth-order valence-corrected chi connectivity index (χ4v) is 3.80. The third-order valence-corrected chi connectivity index (χ3v) is 3.86. The predicted molar refractivity (Wildman–Crippen MR) is 72.8 cm³/mol. The zero-order chi connectivity index (χ0) is 13.3. The largest absolute Gasteiger partial charge is 0.355 e. The molecule has 0 unspecified atom stereocenters. The molecule has 1 N–H and O–H groups in total. The average molecular weight is 239 g/mol. The van der Waals surface area contributed by atoms with Crippen LogP contribution in [0.2, 0.25) is 0 Å². The predicted octanol–water partition coefficient (Wildman–Crippen LogP) is 3.61. The standard InChI is InChI=1S/C15H29NO/c1-11(2)13(17)16-10-15(6)8-12(3)7-14(4,5)9-15/h11-12H,7-10H2,1-6H3,(H,16,17)/t12-,15-/m0/s1. The van der Waals surface area contributed by atoms with Gasteiger partial charge in [-0.1, -0.05) is 41.5 Å². The molecule has 1 saturated carbocycles. The highest BCUT2D eigenvalue weighted by Gasteiger charge is 2.39. The van der Waals surface area contributed by atoms with Crippen molar-refractivity contribution in [2.24, 2.45) is 22.7 Å². The van der Waals surface area contributed by atoms with Gasteiger partial charge in [-0.2, -0.15) is 0 Å². The number of hydrogen-bond acceptors (Lipinski definition) is 1. The van der Waals surface area contributed by atoms with Crippen molar-refractivity contribution in [2.45, 2.75) is 60.8 Å². The van der Waals surface area contributed by atoms with Crippen molar-refractivity contribution in [1.29, 1.82) is 0 Å². The van der Waals surface area contributed by atoms with Gasteiger partial charge in [0.25, 0.3) is 0 Å². The van der Waals surface area contributed by atoms with Crippen LogP contribution in [0.15, 0.2) is 0 Å². The lowest BCUT2D eigenvalue weighted by molar-refractivity contribution is -0.124. The molecule has 1 aliphatic carbocycles. The van der Waals surface area contributed by atoms with Gasteiger partial charge in [-0.3, -0.25) is 4.79 Å². The molecule has 0 aromatic carbocycles. The Morgan fingerprint density at radius 3 is 2.35 bits per heavy atom. The summed E-state index contributed by atoms with van der Waals surface area (Å²) in [5, 5.41) is 3.11. The Kier molecular flexibility index (Phi) is 4.27. The highest BCUT2D eigenvalue weighted by Crippen LogP contribution is 2.48. The van der Waals surface area contributed by atoms with Crippen LogP contribution in [0.25, 0.3) is 0 Å². The zero-order valence-corrected chi connectivity index (χ0v) is 12.4. The Hall–Kier alpha value is -0.530. The van der Waals surface area contributed by atoms with Crippen LogP contribution in [0.4, 0.5) is 0 Å². The SMILES string of the molecule is CC(C)C(=O)NC[C@@]1(C)C[C@@H](C)CC(C)(C)C1. The maximum Gasteiger partial charge on any atom is 0.222 e. The van der Waals surface area contributed by atoms with Crippen molar-refractivity contribution in [1.82, 2.24) is 5.32 Å². The Labute approximate surface area is 107 Å². The molecular formula is C15H29NO. The van der Waals surface area contributed by atoms with Crippen molar-refractivity contribution in [2.75, 3.05) is 6.54 Å². The first-order chi connectivity index (χ1) is 7.64. The van der Waals surface area contributed by atoms with Crippen LogP contribution in [-0.4, -0.2) is 12.5 Å². The summed E-state index contributed by atoms with van der Waals surface area (Å²) in [6, 6.07) is 0. The Morgan fingerprint density at radius 2 is 1.88 bits per heavy atom. The summed E-state index contributed by atoms with van der Waals surface area (Å²) in [6.07, 6.45) is 3.75. The minimum absolute atomic E-state index is 0.0904. The van der Waals surface area contributed by atoms with Gasteiger partial charge in [0.2, 0.25) is 5.91 Å². The van der Waals surface area contributed by atoms with E-state index >= 15 is 0 Å². The third kappa shape index (κ3) is 4.33. The highest BCUT2D eigenvalue weighted by molar-refractivity contribution is 5.77. The van der Waals surface area contributed by atoms with Gasteiger partial charge in [-0.25, -0.2) is 0 Å². The summed E-state index contributed by atoms with van der Waals surface area (Å²) in [5.41, 5.74) is 0.681. The Balaban J connectivity index is 2.58. The van der Waals surface area contributed by atoms with E-state index < -0.39 is 0 Å². The van der Waals surface area contributed by atoms with E-state index in [0.29, 0.717) is 5.41 Å². The van der Waals surface area contributed by atoms with E-state index in [4.69, 9.17) is 0 Å². The number of nitrogens with one attached hydrogen (secondary N) is 1. The summed E-state index contributed by atoms with van der Waals surface area (Å²) in [5.74, 6) is 1.04. The maximum atomic E-state index is 11.7. The molecular weight excluding hydrogens is 210 g/mol. The number of hydrogen-bond donors (Lipinski definition) is 1. The molecule has 2 heteroatoms. The molecule has 2 atom stereocenters. The summed E-state index contributed by atoms with van der Waals surface area (Å²) in [6.45, 7) is 14.1. The molecule has 0 heterocycles. The van der Waals surface area contributed by atoms with E-state index in [0.717, 1.165) is 12.5 Å². The maximum absolute atomic E-state index is 11.7. The van der Waals surface area contributed by atoms with Gasteiger partial charge in [0.05, 0.1) is 0 Å². The van der Waals surface area contributed by atoms with Crippen LogP contribution >= 0.6 is 0 Å². The van der Waals surface area contributed by atoms with Gasteiger partial charge < -0.3 is 5.32 Å². The van der Waals surface area contributed by atoms with E-state index in [1.165, 1.54) is 19.3 Å². The fourth-order valence-electron chi connectivity index (χ4n) is 3.80. The second kappa shape index (κ2) is 4.99. The van der Waals surface area contributed by atoms with Crippen molar-refractivity contribution in [3.8, 4) is 0 Å². The van der Waals surface area contributed by atoms with E-state index in [-0.39, 0.29) is 17.2 Å². The quantitative estimate of drug-likeness (QED) is 0.801. The number of carbonyl (C=O) groups is 1. The molecule has 0 aromatic heterocycles. The van der Waals surface area contributed by atoms with Crippen LogP contribution in [0.1, 0.15) is 60.8 Å². The van der Waals surface area contributed by atoms with E-state index in [1.807, 2.05) is 13.8 Å². The zero-order valence-electron chi connectivity index (χ0n) is 12.4. The number of rotatable bonds is 3. The molecule has 0 aliphatic heterocycles. The number of amides is 1. The lowest BCUT2D eigenvalue weighted by atomic mass is 9.61. The second-order valence-corrected chi connectivity index (χ2v) is 7.54. The van der Waals surface area contributed by atoms with Crippen molar-refractivity contribution >= 4 is 5.91 Å². The molecule has 2 nitrogen and oxygen atoms in total. The highest BCUT2D eigenvalue weighted by atomic mass is 16.1. The molecule has 0 aromatic rings. The Morgan fingerprint density at radius 1 is 1.29 bits per heavy atom. The number of carbonyl (C=O) groups excluding carboxylic acids is 1. The topological polar surface area (TPSA) is 29.1 Å². The van der Waals surface area contributed by atoms with Crippen LogP contribution < -0.4 is 5.32 Å². The van der Waals surface area contributed by atoms with Gasteiger partial charge in [0, 0.05) is 12.5 Å². The first kappa shape index (κ1) is 14.5. The van der Waals surface area contributed by atoms with E-state index in [2.05, 4.69) is 33.0 Å². The summed E-state index contributed by atoms with van der Waals surface area (Å²) < 4.78 is 0. The average Bonchev–Trinajstić information content (AvgIpc) is 2.09. The lowest BCUT2D eigenvalue weighted by Gasteiger charge is -2.46. The van der Waals surface area contributed by atoms with Crippen LogP contribution in [0.3, 0.4) is 0 Å². The van der Waals surface area contributed by atoms with Gasteiger partial charge in [-0.05, 0) is 36.0 Å². The molecule has 100 valence electrons. The minimum atomic E-state index is 0.0904. The molecule has 0 radical (unpaired) electrons. The van der Waals surface area contributed by atoms with Crippen molar-refractivity contribution in [3.63, 3.8) is 0 Å². The molecule has 17 heavy (non-hydrogen) atoms.